The van der Waals surface area contributed by atoms with Gasteiger partial charge in [-0.15, -0.1) is 0 Å². The van der Waals surface area contributed by atoms with Crippen LogP contribution in [0.2, 0.25) is 5.02 Å². The molecule has 0 fully saturated rings. The van der Waals surface area contributed by atoms with E-state index in [9.17, 15) is 9.59 Å². The van der Waals surface area contributed by atoms with E-state index >= 15 is 0 Å². The highest BCUT2D eigenvalue weighted by molar-refractivity contribution is 6.30. The summed E-state index contributed by atoms with van der Waals surface area (Å²) in [5.41, 5.74) is 2.66. The topological polar surface area (TPSA) is 126 Å². The molecule has 2 aromatic heterocycles. The quantitative estimate of drug-likeness (QED) is 0.296. The highest BCUT2D eigenvalue weighted by Gasteiger charge is 2.22. The molecule has 10 nitrogen and oxygen atoms in total. The molecule has 3 rings (SSSR count). The first-order valence-corrected chi connectivity index (χ1v) is 12.6. The number of nitrogens with one attached hydrogen (secondary N) is 4. The van der Waals surface area contributed by atoms with E-state index in [1.807, 2.05) is 46.8 Å². The average molecular weight is 527 g/mol. The first-order chi connectivity index (χ1) is 17.5. The standard InChI is InChI=1S/C26H35ClN8O2/c1-16-15-21(35(34-16)26(4,5)6)25(37)31-14-13-30-23-17(2)22(29-12-11-28-18(3)36)32-24(33-23)19-7-9-20(27)10-8-19/h7-10,15H,11-14H2,1-6H3,(H,28,36)(H,31,37)(H2,29,30,32,33). The Hall–Kier alpha value is -3.66. The second-order valence-electron chi connectivity index (χ2n) is 9.72. The number of amides is 2. The molecule has 3 aromatic rings. The zero-order valence-corrected chi connectivity index (χ0v) is 23.0. The van der Waals surface area contributed by atoms with Crippen molar-refractivity contribution in [3.63, 3.8) is 0 Å². The molecule has 0 aliphatic rings. The van der Waals surface area contributed by atoms with E-state index in [0.717, 1.165) is 16.8 Å². The molecular formula is C26H35ClN8O2. The molecule has 0 spiro atoms. The summed E-state index contributed by atoms with van der Waals surface area (Å²) in [6.45, 7) is 13.1. The molecule has 1 aromatic carbocycles. The van der Waals surface area contributed by atoms with Gasteiger partial charge in [0.1, 0.15) is 17.3 Å². The van der Waals surface area contributed by atoms with Gasteiger partial charge in [0, 0.05) is 49.3 Å². The fraction of sp³-hybridized carbons (Fsp3) is 0.423. The number of carbonyl (C=O) groups is 2. The van der Waals surface area contributed by atoms with Crippen LogP contribution in [0.3, 0.4) is 0 Å². The molecule has 0 saturated heterocycles. The van der Waals surface area contributed by atoms with Crippen LogP contribution in [0.5, 0.6) is 0 Å². The summed E-state index contributed by atoms with van der Waals surface area (Å²) in [6, 6.07) is 9.09. The normalized spacial score (nSPS) is 11.2. The number of hydrogen-bond donors (Lipinski definition) is 4. The first kappa shape index (κ1) is 27.9. The van der Waals surface area contributed by atoms with Crippen LogP contribution in [0.15, 0.2) is 30.3 Å². The summed E-state index contributed by atoms with van der Waals surface area (Å²) < 4.78 is 1.75. The number of rotatable bonds is 10. The monoisotopic (exact) mass is 526 g/mol. The predicted molar refractivity (Wildman–Crippen MR) is 147 cm³/mol. The van der Waals surface area contributed by atoms with Crippen molar-refractivity contribution in [1.29, 1.82) is 0 Å². The van der Waals surface area contributed by atoms with Crippen LogP contribution in [-0.4, -0.2) is 57.7 Å². The van der Waals surface area contributed by atoms with E-state index in [1.165, 1.54) is 6.92 Å². The third kappa shape index (κ3) is 7.66. The Morgan fingerprint density at radius 3 is 2.03 bits per heavy atom. The van der Waals surface area contributed by atoms with E-state index in [2.05, 4.69) is 31.3 Å². The number of aryl methyl sites for hydroxylation is 1. The number of hydrogen-bond acceptors (Lipinski definition) is 7. The molecule has 4 N–H and O–H groups in total. The Bertz CT molecular complexity index is 1250. The lowest BCUT2D eigenvalue weighted by molar-refractivity contribution is -0.118. The molecule has 0 aliphatic carbocycles. The number of halogens is 1. The number of anilines is 2. The minimum atomic E-state index is -0.307. The SMILES string of the molecule is CC(=O)NCCNc1nc(-c2ccc(Cl)cc2)nc(NCCNC(=O)c2cc(C)nn2C(C)(C)C)c1C. The average Bonchev–Trinajstić information content (AvgIpc) is 3.24. The van der Waals surface area contributed by atoms with Crippen molar-refractivity contribution in [2.75, 3.05) is 36.8 Å². The van der Waals surface area contributed by atoms with Gasteiger partial charge in [0.15, 0.2) is 5.82 Å². The summed E-state index contributed by atoms with van der Waals surface area (Å²) in [6.07, 6.45) is 0. The molecular weight excluding hydrogens is 492 g/mol. The van der Waals surface area contributed by atoms with E-state index in [1.54, 1.807) is 22.9 Å². The Labute approximate surface area is 222 Å². The van der Waals surface area contributed by atoms with Crippen molar-refractivity contribution in [2.24, 2.45) is 0 Å². The van der Waals surface area contributed by atoms with Crippen molar-refractivity contribution < 1.29 is 9.59 Å². The van der Waals surface area contributed by atoms with E-state index in [-0.39, 0.29) is 17.4 Å². The molecule has 0 bridgehead atoms. The molecule has 0 radical (unpaired) electrons. The van der Waals surface area contributed by atoms with Gasteiger partial charge < -0.3 is 21.3 Å². The van der Waals surface area contributed by atoms with Crippen LogP contribution >= 0.6 is 11.6 Å². The van der Waals surface area contributed by atoms with Crippen LogP contribution in [0, 0.1) is 13.8 Å². The van der Waals surface area contributed by atoms with E-state index in [0.29, 0.717) is 54.4 Å². The zero-order chi connectivity index (χ0) is 27.2. The fourth-order valence-corrected chi connectivity index (χ4v) is 3.75. The minimum Gasteiger partial charge on any atom is -0.368 e. The molecule has 37 heavy (non-hydrogen) atoms. The highest BCUT2D eigenvalue weighted by Crippen LogP contribution is 2.26. The highest BCUT2D eigenvalue weighted by atomic mass is 35.5. The molecule has 0 saturated carbocycles. The molecule has 0 unspecified atom stereocenters. The lowest BCUT2D eigenvalue weighted by Gasteiger charge is -2.22. The Kier molecular flexibility index (Phi) is 9.09. The summed E-state index contributed by atoms with van der Waals surface area (Å²) in [4.78, 5) is 33.4. The molecule has 2 amide bonds. The molecule has 0 aliphatic heterocycles. The smallest absolute Gasteiger partial charge is 0.269 e. The fourth-order valence-electron chi connectivity index (χ4n) is 3.63. The van der Waals surface area contributed by atoms with Gasteiger partial charge in [-0.05, 0) is 65.0 Å². The number of aromatic nitrogens is 4. The van der Waals surface area contributed by atoms with Crippen LogP contribution in [-0.2, 0) is 10.3 Å². The van der Waals surface area contributed by atoms with E-state index < -0.39 is 0 Å². The maximum atomic E-state index is 12.8. The van der Waals surface area contributed by atoms with Crippen LogP contribution in [0.1, 0.15) is 49.4 Å². The van der Waals surface area contributed by atoms with Gasteiger partial charge in [-0.1, -0.05) is 11.6 Å². The Balaban J connectivity index is 1.72. The maximum Gasteiger partial charge on any atom is 0.269 e. The van der Waals surface area contributed by atoms with Crippen molar-refractivity contribution in [1.82, 2.24) is 30.4 Å². The largest absolute Gasteiger partial charge is 0.368 e. The molecule has 198 valence electrons. The second kappa shape index (κ2) is 12.1. The Morgan fingerprint density at radius 1 is 0.919 bits per heavy atom. The van der Waals surface area contributed by atoms with Crippen molar-refractivity contribution in [2.45, 2.75) is 47.1 Å². The van der Waals surface area contributed by atoms with Crippen LogP contribution < -0.4 is 21.3 Å². The summed E-state index contributed by atoms with van der Waals surface area (Å²) in [5, 5.41) is 17.4. The van der Waals surface area contributed by atoms with Gasteiger partial charge in [-0.2, -0.15) is 5.10 Å². The predicted octanol–water partition coefficient (Wildman–Crippen LogP) is 3.76. The van der Waals surface area contributed by atoms with Crippen molar-refractivity contribution in [3.05, 3.63) is 52.3 Å². The van der Waals surface area contributed by atoms with Gasteiger partial charge in [-0.3, -0.25) is 14.3 Å². The number of carbonyl (C=O) groups excluding carboxylic acids is 2. The van der Waals surface area contributed by atoms with Crippen molar-refractivity contribution >= 4 is 35.1 Å². The minimum absolute atomic E-state index is 0.0897. The third-order valence-corrected chi connectivity index (χ3v) is 5.69. The van der Waals surface area contributed by atoms with Gasteiger partial charge in [0.2, 0.25) is 5.91 Å². The molecule has 0 atom stereocenters. The van der Waals surface area contributed by atoms with Gasteiger partial charge >= 0.3 is 0 Å². The van der Waals surface area contributed by atoms with Gasteiger partial charge in [0.05, 0.1) is 11.2 Å². The lowest BCUT2D eigenvalue weighted by Crippen LogP contribution is -2.34. The van der Waals surface area contributed by atoms with E-state index in [4.69, 9.17) is 16.6 Å². The number of benzene rings is 1. The van der Waals surface area contributed by atoms with Gasteiger partial charge in [-0.25, -0.2) is 9.97 Å². The van der Waals surface area contributed by atoms with Crippen LogP contribution in [0.25, 0.3) is 11.4 Å². The molecule has 11 heteroatoms. The summed E-state index contributed by atoms with van der Waals surface area (Å²) >= 11 is 6.05. The van der Waals surface area contributed by atoms with Crippen molar-refractivity contribution in [3.8, 4) is 11.4 Å². The van der Waals surface area contributed by atoms with Crippen LogP contribution in [0.4, 0.5) is 11.6 Å². The maximum absolute atomic E-state index is 12.8. The second-order valence-corrected chi connectivity index (χ2v) is 10.2. The lowest BCUT2D eigenvalue weighted by atomic mass is 10.1. The summed E-state index contributed by atoms with van der Waals surface area (Å²) in [7, 11) is 0. The molecule has 2 heterocycles. The third-order valence-electron chi connectivity index (χ3n) is 5.44. The Morgan fingerprint density at radius 2 is 1.49 bits per heavy atom. The number of nitrogens with zero attached hydrogens (tertiary/aromatic N) is 4. The first-order valence-electron chi connectivity index (χ1n) is 12.2. The summed E-state index contributed by atoms with van der Waals surface area (Å²) in [5.74, 6) is 1.56. The zero-order valence-electron chi connectivity index (χ0n) is 22.2. The van der Waals surface area contributed by atoms with Gasteiger partial charge in [0.25, 0.3) is 5.91 Å².